The van der Waals surface area contributed by atoms with Gasteiger partial charge in [0, 0.05) is 19.3 Å². The minimum atomic E-state index is -0.669. The number of ether oxygens (including phenoxy) is 1. The molecule has 0 fully saturated rings. The molecule has 0 saturated carbocycles. The molecule has 0 amide bonds. The average molecular weight is 234 g/mol. The van der Waals surface area contributed by atoms with E-state index >= 15 is 0 Å². The van der Waals surface area contributed by atoms with E-state index in [1.54, 1.807) is 7.05 Å². The molecule has 88 valence electrons. The lowest BCUT2D eigenvalue weighted by Gasteiger charge is -2.10. The largest absolute Gasteiger partial charge is 0.465 e. The van der Waals surface area contributed by atoms with Gasteiger partial charge in [0.15, 0.2) is 0 Å². The first-order chi connectivity index (χ1) is 7.97. The number of carbonyl (C=O) groups is 3. The van der Waals surface area contributed by atoms with E-state index in [1.807, 2.05) is 0 Å². The summed E-state index contributed by atoms with van der Waals surface area (Å²) in [5, 5.41) is 0. The first-order valence-electron chi connectivity index (χ1n) is 4.81. The highest BCUT2D eigenvalue weighted by Crippen LogP contribution is 2.24. The molecule has 1 aromatic rings. The number of esters is 1. The van der Waals surface area contributed by atoms with E-state index in [1.165, 1.54) is 17.9 Å². The standard InChI is InChI=1S/C11H10N2O4/c1-13-4-5(11(16)17-2)8-9(13)7(14)3-6(12)10(8)15/h3-4H,12H2,1-2H3. The van der Waals surface area contributed by atoms with Crippen LogP contribution in [-0.4, -0.2) is 29.2 Å². The number of hydrogen-bond donors (Lipinski definition) is 1. The maximum Gasteiger partial charge on any atom is 0.340 e. The maximum atomic E-state index is 11.9. The molecule has 0 saturated heterocycles. The van der Waals surface area contributed by atoms with Gasteiger partial charge in [0.05, 0.1) is 23.9 Å². The first-order valence-corrected chi connectivity index (χ1v) is 4.81. The van der Waals surface area contributed by atoms with Crippen molar-refractivity contribution in [2.75, 3.05) is 7.11 Å². The highest BCUT2D eigenvalue weighted by Gasteiger charge is 2.32. The molecular formula is C11H10N2O4. The Kier molecular flexibility index (Phi) is 2.35. The van der Waals surface area contributed by atoms with Gasteiger partial charge in [-0.25, -0.2) is 4.79 Å². The predicted molar refractivity (Wildman–Crippen MR) is 57.7 cm³/mol. The van der Waals surface area contributed by atoms with Crippen molar-refractivity contribution in [2.24, 2.45) is 12.8 Å². The molecule has 1 aliphatic rings. The molecule has 0 aromatic carbocycles. The first kappa shape index (κ1) is 11.1. The smallest absolute Gasteiger partial charge is 0.340 e. The average Bonchev–Trinajstić information content (AvgIpc) is 2.63. The van der Waals surface area contributed by atoms with E-state index in [2.05, 4.69) is 4.74 Å². The molecule has 2 N–H and O–H groups in total. The minimum absolute atomic E-state index is 0.0179. The van der Waals surface area contributed by atoms with Gasteiger partial charge in [-0.3, -0.25) is 9.59 Å². The van der Waals surface area contributed by atoms with E-state index in [4.69, 9.17) is 5.73 Å². The highest BCUT2D eigenvalue weighted by atomic mass is 16.5. The zero-order chi connectivity index (χ0) is 12.7. The van der Waals surface area contributed by atoms with E-state index in [0.29, 0.717) is 0 Å². The Bertz CT molecular complexity index is 581. The monoisotopic (exact) mass is 234 g/mol. The quantitative estimate of drug-likeness (QED) is 0.692. The topological polar surface area (TPSA) is 91.4 Å². The van der Waals surface area contributed by atoms with Crippen molar-refractivity contribution in [1.82, 2.24) is 4.57 Å². The maximum absolute atomic E-state index is 11.9. The molecule has 1 aromatic heterocycles. The fraction of sp³-hybridized carbons (Fsp3) is 0.182. The molecule has 6 heteroatoms. The Balaban J connectivity index is 2.73. The summed E-state index contributed by atoms with van der Waals surface area (Å²) in [4.78, 5) is 35.1. The molecule has 0 bridgehead atoms. The summed E-state index contributed by atoms with van der Waals surface area (Å²) in [7, 11) is 2.78. The molecule has 1 aliphatic carbocycles. The lowest BCUT2D eigenvalue weighted by atomic mass is 9.96. The van der Waals surface area contributed by atoms with Crippen molar-refractivity contribution >= 4 is 17.5 Å². The predicted octanol–water partition coefficient (Wildman–Crippen LogP) is 0.0333. The molecule has 0 aliphatic heterocycles. The summed E-state index contributed by atoms with van der Waals surface area (Å²) in [6.45, 7) is 0. The van der Waals surface area contributed by atoms with E-state index < -0.39 is 17.5 Å². The molecule has 6 nitrogen and oxygen atoms in total. The number of aromatic nitrogens is 1. The van der Waals surface area contributed by atoms with Gasteiger partial charge in [0.25, 0.3) is 0 Å². The zero-order valence-corrected chi connectivity index (χ0v) is 9.31. The van der Waals surface area contributed by atoms with Crippen LogP contribution >= 0.6 is 0 Å². The lowest BCUT2D eigenvalue weighted by molar-refractivity contribution is 0.0597. The molecule has 1 heterocycles. The fourth-order valence-electron chi connectivity index (χ4n) is 1.84. The van der Waals surface area contributed by atoms with Gasteiger partial charge in [-0.05, 0) is 0 Å². The van der Waals surface area contributed by atoms with Crippen molar-refractivity contribution < 1.29 is 19.1 Å². The summed E-state index contributed by atoms with van der Waals surface area (Å²) in [5.41, 5.74) is 5.49. The normalized spacial score (nSPS) is 14.4. The number of allylic oxidation sites excluding steroid dienone is 2. The van der Waals surface area contributed by atoms with Gasteiger partial charge in [0.1, 0.15) is 5.69 Å². The van der Waals surface area contributed by atoms with Crippen LogP contribution in [0.4, 0.5) is 0 Å². The second-order valence-electron chi connectivity index (χ2n) is 3.66. The molecule has 0 unspecified atom stereocenters. The molecule has 17 heavy (non-hydrogen) atoms. The van der Waals surface area contributed by atoms with E-state index in [0.717, 1.165) is 6.08 Å². The van der Waals surface area contributed by atoms with Gasteiger partial charge in [-0.15, -0.1) is 0 Å². The van der Waals surface area contributed by atoms with Crippen LogP contribution in [0.25, 0.3) is 0 Å². The summed E-state index contributed by atoms with van der Waals surface area (Å²) >= 11 is 0. The van der Waals surface area contributed by atoms with Crippen molar-refractivity contribution in [3.63, 3.8) is 0 Å². The van der Waals surface area contributed by atoms with E-state index in [-0.39, 0.29) is 22.5 Å². The number of aryl methyl sites for hydroxylation is 1. The van der Waals surface area contributed by atoms with Crippen LogP contribution in [0, 0.1) is 0 Å². The van der Waals surface area contributed by atoms with Crippen LogP contribution in [0.15, 0.2) is 18.0 Å². The van der Waals surface area contributed by atoms with Crippen molar-refractivity contribution in [3.8, 4) is 0 Å². The number of hydrogen-bond acceptors (Lipinski definition) is 5. The Morgan fingerprint density at radius 3 is 2.65 bits per heavy atom. The SMILES string of the molecule is COC(=O)c1cn(C)c2c1C(=O)C(N)=CC2=O. The third kappa shape index (κ3) is 1.45. The number of Topliss-reactive ketones (excluding diaryl/α,β-unsaturated/α-hetero) is 1. The fourth-order valence-corrected chi connectivity index (χ4v) is 1.84. The van der Waals surface area contributed by atoms with Crippen molar-refractivity contribution in [2.45, 2.75) is 0 Å². The van der Waals surface area contributed by atoms with Gasteiger partial charge in [-0.2, -0.15) is 0 Å². The number of fused-ring (bicyclic) bond motifs is 1. The third-order valence-electron chi connectivity index (χ3n) is 2.60. The van der Waals surface area contributed by atoms with Gasteiger partial charge in [-0.1, -0.05) is 0 Å². The number of methoxy groups -OCH3 is 1. The van der Waals surface area contributed by atoms with Crippen LogP contribution in [0.5, 0.6) is 0 Å². The summed E-state index contributed by atoms with van der Waals surface area (Å²) in [5.74, 6) is -1.59. The molecular weight excluding hydrogens is 224 g/mol. The summed E-state index contributed by atoms with van der Waals surface area (Å²) in [6.07, 6.45) is 2.45. The zero-order valence-electron chi connectivity index (χ0n) is 9.31. The Hall–Kier alpha value is -2.37. The number of rotatable bonds is 1. The lowest BCUT2D eigenvalue weighted by Crippen LogP contribution is -2.24. The summed E-state index contributed by atoms with van der Waals surface area (Å²) < 4.78 is 5.98. The second kappa shape index (κ2) is 3.58. The van der Waals surface area contributed by atoms with Crippen LogP contribution < -0.4 is 5.73 Å². The number of nitrogens with two attached hydrogens (primary N) is 1. The number of ketones is 2. The van der Waals surface area contributed by atoms with Crippen LogP contribution in [-0.2, 0) is 11.8 Å². The minimum Gasteiger partial charge on any atom is -0.465 e. The summed E-state index contributed by atoms with van der Waals surface area (Å²) in [6, 6.07) is 0. The van der Waals surface area contributed by atoms with E-state index in [9.17, 15) is 14.4 Å². The number of carbonyl (C=O) groups excluding carboxylic acids is 3. The van der Waals surface area contributed by atoms with Gasteiger partial charge < -0.3 is 15.0 Å². The van der Waals surface area contributed by atoms with Crippen LogP contribution in [0.3, 0.4) is 0 Å². The van der Waals surface area contributed by atoms with Gasteiger partial charge >= 0.3 is 5.97 Å². The second-order valence-corrected chi connectivity index (χ2v) is 3.66. The van der Waals surface area contributed by atoms with Crippen LogP contribution in [0.2, 0.25) is 0 Å². The highest BCUT2D eigenvalue weighted by molar-refractivity contribution is 6.26. The number of nitrogens with zero attached hydrogens (tertiary/aromatic N) is 1. The molecule has 0 spiro atoms. The van der Waals surface area contributed by atoms with Gasteiger partial charge in [0.2, 0.25) is 11.6 Å². The Morgan fingerprint density at radius 1 is 1.41 bits per heavy atom. The molecule has 0 atom stereocenters. The third-order valence-corrected chi connectivity index (χ3v) is 2.60. The van der Waals surface area contributed by atoms with Crippen molar-refractivity contribution in [3.05, 3.63) is 34.8 Å². The van der Waals surface area contributed by atoms with Crippen LogP contribution in [0.1, 0.15) is 31.2 Å². The molecule has 0 radical (unpaired) electrons. The Morgan fingerprint density at radius 2 is 2.06 bits per heavy atom. The Labute approximate surface area is 96.6 Å². The van der Waals surface area contributed by atoms with Crippen molar-refractivity contribution in [1.29, 1.82) is 0 Å². The molecule has 2 rings (SSSR count).